The fourth-order valence-corrected chi connectivity index (χ4v) is 2.60. The predicted molar refractivity (Wildman–Crippen MR) is 65.3 cm³/mol. The molecule has 1 aliphatic rings. The SMILES string of the molecule is Clc1cccn2c(CC3CNC3)nc(Cl)c12. The zero-order valence-corrected chi connectivity index (χ0v) is 10.1. The van der Waals surface area contributed by atoms with Gasteiger partial charge < -0.3 is 9.72 Å². The number of halogens is 2. The molecule has 1 fully saturated rings. The van der Waals surface area contributed by atoms with E-state index < -0.39 is 0 Å². The van der Waals surface area contributed by atoms with Crippen LogP contribution in [-0.2, 0) is 6.42 Å². The summed E-state index contributed by atoms with van der Waals surface area (Å²) in [5, 5.41) is 4.40. The Hall–Kier alpha value is -0.770. The summed E-state index contributed by atoms with van der Waals surface area (Å²) in [6.45, 7) is 2.13. The summed E-state index contributed by atoms with van der Waals surface area (Å²) in [6.07, 6.45) is 2.91. The van der Waals surface area contributed by atoms with Gasteiger partial charge in [-0.15, -0.1) is 0 Å². The first-order chi connectivity index (χ1) is 7.75. The molecule has 0 saturated carbocycles. The second kappa shape index (κ2) is 3.91. The molecule has 0 aliphatic carbocycles. The van der Waals surface area contributed by atoms with Crippen LogP contribution in [0.15, 0.2) is 18.3 Å². The topological polar surface area (TPSA) is 29.3 Å². The molecule has 1 saturated heterocycles. The van der Waals surface area contributed by atoms with E-state index in [9.17, 15) is 0 Å². The summed E-state index contributed by atoms with van der Waals surface area (Å²) in [4.78, 5) is 4.39. The highest BCUT2D eigenvalue weighted by Crippen LogP contribution is 2.27. The molecule has 3 heterocycles. The summed E-state index contributed by atoms with van der Waals surface area (Å²) >= 11 is 12.2. The highest BCUT2D eigenvalue weighted by molar-refractivity contribution is 6.39. The van der Waals surface area contributed by atoms with Crippen molar-refractivity contribution in [1.29, 1.82) is 0 Å². The lowest BCUT2D eigenvalue weighted by Crippen LogP contribution is -2.43. The average Bonchev–Trinajstić information content (AvgIpc) is 2.51. The van der Waals surface area contributed by atoms with Gasteiger partial charge >= 0.3 is 0 Å². The van der Waals surface area contributed by atoms with E-state index in [2.05, 4.69) is 10.3 Å². The van der Waals surface area contributed by atoms with Crippen LogP contribution in [0.4, 0.5) is 0 Å². The first kappa shape index (κ1) is 10.4. The molecular formula is C11H11Cl2N3. The standard InChI is InChI=1S/C11H11Cl2N3/c12-8-2-1-3-16-9(4-7-5-14-6-7)15-11(13)10(8)16/h1-3,7,14H,4-6H2. The van der Waals surface area contributed by atoms with Crippen molar-refractivity contribution >= 4 is 28.7 Å². The molecule has 5 heteroatoms. The number of nitrogens with zero attached hydrogens (tertiary/aromatic N) is 2. The fourth-order valence-electron chi connectivity index (χ4n) is 2.01. The molecule has 16 heavy (non-hydrogen) atoms. The minimum Gasteiger partial charge on any atom is -0.316 e. The third-order valence-electron chi connectivity index (χ3n) is 2.98. The van der Waals surface area contributed by atoms with E-state index in [1.807, 2.05) is 22.7 Å². The lowest BCUT2D eigenvalue weighted by molar-refractivity contribution is 0.341. The van der Waals surface area contributed by atoms with E-state index in [4.69, 9.17) is 23.2 Å². The first-order valence-electron chi connectivity index (χ1n) is 5.27. The second-order valence-electron chi connectivity index (χ2n) is 4.12. The highest BCUT2D eigenvalue weighted by atomic mass is 35.5. The van der Waals surface area contributed by atoms with Crippen LogP contribution in [0.25, 0.3) is 5.52 Å². The van der Waals surface area contributed by atoms with Gasteiger partial charge in [-0.2, -0.15) is 0 Å². The maximum Gasteiger partial charge on any atom is 0.156 e. The Labute approximate surface area is 103 Å². The van der Waals surface area contributed by atoms with Crippen molar-refractivity contribution in [1.82, 2.24) is 14.7 Å². The lowest BCUT2D eigenvalue weighted by Gasteiger charge is -2.26. The Morgan fingerprint density at radius 2 is 2.25 bits per heavy atom. The van der Waals surface area contributed by atoms with Gasteiger partial charge in [0.25, 0.3) is 0 Å². The van der Waals surface area contributed by atoms with Crippen LogP contribution < -0.4 is 5.32 Å². The molecule has 0 aromatic carbocycles. The molecule has 0 amide bonds. The fraction of sp³-hybridized carbons (Fsp3) is 0.364. The number of imidazole rings is 1. The van der Waals surface area contributed by atoms with Gasteiger partial charge in [0.1, 0.15) is 11.3 Å². The van der Waals surface area contributed by atoms with E-state index in [1.165, 1.54) is 0 Å². The molecule has 1 N–H and O–H groups in total. The lowest BCUT2D eigenvalue weighted by atomic mass is 9.99. The summed E-state index contributed by atoms with van der Waals surface area (Å²) in [7, 11) is 0. The van der Waals surface area contributed by atoms with Crippen LogP contribution in [-0.4, -0.2) is 22.5 Å². The molecule has 0 radical (unpaired) electrons. The van der Waals surface area contributed by atoms with Crippen LogP contribution in [0.1, 0.15) is 5.82 Å². The summed E-state index contributed by atoms with van der Waals surface area (Å²) in [6, 6.07) is 3.75. The largest absolute Gasteiger partial charge is 0.316 e. The van der Waals surface area contributed by atoms with Crippen LogP contribution in [0, 0.1) is 5.92 Å². The Bertz CT molecular complexity index is 531. The van der Waals surface area contributed by atoms with Crippen molar-refractivity contribution in [2.24, 2.45) is 5.92 Å². The number of pyridine rings is 1. The molecule has 2 aromatic heterocycles. The normalized spacial score (nSPS) is 16.6. The zero-order valence-electron chi connectivity index (χ0n) is 8.58. The number of rotatable bonds is 2. The molecular weight excluding hydrogens is 245 g/mol. The second-order valence-corrected chi connectivity index (χ2v) is 4.89. The Kier molecular flexibility index (Phi) is 2.54. The average molecular weight is 256 g/mol. The summed E-state index contributed by atoms with van der Waals surface area (Å²) in [5.74, 6) is 1.66. The van der Waals surface area contributed by atoms with Crippen molar-refractivity contribution in [3.05, 3.63) is 34.3 Å². The van der Waals surface area contributed by atoms with E-state index in [0.717, 1.165) is 30.9 Å². The van der Waals surface area contributed by atoms with Crippen LogP contribution in [0.3, 0.4) is 0 Å². The van der Waals surface area contributed by atoms with Crippen molar-refractivity contribution in [2.75, 3.05) is 13.1 Å². The van der Waals surface area contributed by atoms with Crippen molar-refractivity contribution in [2.45, 2.75) is 6.42 Å². The highest BCUT2D eigenvalue weighted by Gasteiger charge is 2.21. The van der Waals surface area contributed by atoms with E-state index in [0.29, 0.717) is 16.1 Å². The third kappa shape index (κ3) is 1.59. The number of fused-ring (bicyclic) bond motifs is 1. The Balaban J connectivity index is 2.07. The number of hydrogen-bond donors (Lipinski definition) is 1. The molecule has 3 nitrogen and oxygen atoms in total. The van der Waals surface area contributed by atoms with Gasteiger partial charge in [0.05, 0.1) is 5.02 Å². The maximum absolute atomic E-state index is 6.10. The first-order valence-corrected chi connectivity index (χ1v) is 6.03. The van der Waals surface area contributed by atoms with E-state index >= 15 is 0 Å². The minimum absolute atomic E-state index is 0.493. The molecule has 1 aliphatic heterocycles. The smallest absolute Gasteiger partial charge is 0.156 e. The Morgan fingerprint density at radius 1 is 1.44 bits per heavy atom. The molecule has 2 aromatic rings. The van der Waals surface area contributed by atoms with Gasteiger partial charge in [0.2, 0.25) is 0 Å². The van der Waals surface area contributed by atoms with Crippen molar-refractivity contribution in [3.8, 4) is 0 Å². The molecule has 0 unspecified atom stereocenters. The quantitative estimate of drug-likeness (QED) is 0.894. The van der Waals surface area contributed by atoms with Gasteiger partial charge in [-0.05, 0) is 31.1 Å². The van der Waals surface area contributed by atoms with Crippen LogP contribution in [0.5, 0.6) is 0 Å². The number of hydrogen-bond acceptors (Lipinski definition) is 2. The number of aromatic nitrogens is 2. The van der Waals surface area contributed by atoms with E-state index in [1.54, 1.807) is 0 Å². The van der Waals surface area contributed by atoms with Gasteiger partial charge in [-0.25, -0.2) is 4.98 Å². The van der Waals surface area contributed by atoms with Gasteiger partial charge in [-0.1, -0.05) is 23.2 Å². The van der Waals surface area contributed by atoms with Crippen molar-refractivity contribution in [3.63, 3.8) is 0 Å². The van der Waals surface area contributed by atoms with Gasteiger partial charge in [0.15, 0.2) is 5.15 Å². The monoisotopic (exact) mass is 255 g/mol. The molecule has 0 bridgehead atoms. The Morgan fingerprint density at radius 3 is 2.94 bits per heavy atom. The summed E-state index contributed by atoms with van der Waals surface area (Å²) in [5.41, 5.74) is 0.813. The summed E-state index contributed by atoms with van der Waals surface area (Å²) < 4.78 is 1.99. The van der Waals surface area contributed by atoms with E-state index in [-0.39, 0.29) is 0 Å². The molecule has 84 valence electrons. The van der Waals surface area contributed by atoms with Crippen LogP contribution in [0.2, 0.25) is 10.2 Å². The molecule has 0 spiro atoms. The minimum atomic E-state index is 0.493. The van der Waals surface area contributed by atoms with Crippen LogP contribution >= 0.6 is 23.2 Å². The maximum atomic E-state index is 6.10. The number of nitrogens with one attached hydrogen (secondary N) is 1. The predicted octanol–water partition coefficient (Wildman–Crippen LogP) is 2.40. The van der Waals surface area contributed by atoms with Gasteiger partial charge in [-0.3, -0.25) is 0 Å². The van der Waals surface area contributed by atoms with Gasteiger partial charge in [0, 0.05) is 12.6 Å². The third-order valence-corrected chi connectivity index (χ3v) is 3.55. The molecule has 0 atom stereocenters. The zero-order chi connectivity index (χ0) is 11.1. The van der Waals surface area contributed by atoms with Crippen molar-refractivity contribution < 1.29 is 0 Å². The molecule has 3 rings (SSSR count).